The summed E-state index contributed by atoms with van der Waals surface area (Å²) in [5.41, 5.74) is 5.35. The lowest BCUT2D eigenvalue weighted by Crippen LogP contribution is -2.30. The minimum atomic E-state index is -0.165. The van der Waals surface area contributed by atoms with E-state index in [0.29, 0.717) is 0 Å². The first-order valence-electron chi connectivity index (χ1n) is 5.17. The fraction of sp³-hybridized carbons (Fsp3) is 0.900. The molecule has 0 saturated carbocycles. The molecule has 0 aliphatic rings. The summed E-state index contributed by atoms with van der Waals surface area (Å²) in [6, 6.07) is 0. The number of ether oxygens (including phenoxy) is 1. The van der Waals surface area contributed by atoms with E-state index in [1.54, 1.807) is 0 Å². The standard InChI is InChI=1S/C10H22N2O/c1-3-5-6-7-8-13-9(4-2)10(11)12/h9H,3-8H2,1-2H3,(H3,11,12). The molecule has 0 aromatic carbocycles. The van der Waals surface area contributed by atoms with Gasteiger partial charge in [-0.3, -0.25) is 5.41 Å². The summed E-state index contributed by atoms with van der Waals surface area (Å²) >= 11 is 0. The smallest absolute Gasteiger partial charge is 0.120 e. The van der Waals surface area contributed by atoms with Crippen LogP contribution in [0.15, 0.2) is 0 Å². The lowest BCUT2D eigenvalue weighted by molar-refractivity contribution is 0.0906. The molecule has 0 aliphatic heterocycles. The second-order valence-electron chi connectivity index (χ2n) is 3.28. The maximum absolute atomic E-state index is 7.22. The number of amidine groups is 1. The largest absolute Gasteiger partial charge is 0.385 e. The Morgan fingerprint density at radius 1 is 1.31 bits per heavy atom. The fourth-order valence-electron chi connectivity index (χ4n) is 1.18. The van der Waals surface area contributed by atoms with Crippen LogP contribution in [0.2, 0.25) is 0 Å². The van der Waals surface area contributed by atoms with Gasteiger partial charge >= 0.3 is 0 Å². The zero-order valence-electron chi connectivity index (χ0n) is 8.81. The third kappa shape index (κ3) is 6.58. The SMILES string of the molecule is CCCCCCOC(CC)C(=N)N. The van der Waals surface area contributed by atoms with E-state index in [-0.39, 0.29) is 11.9 Å². The van der Waals surface area contributed by atoms with Crippen molar-refractivity contribution in [2.45, 2.75) is 52.1 Å². The second kappa shape index (κ2) is 8.05. The minimum Gasteiger partial charge on any atom is -0.385 e. The summed E-state index contributed by atoms with van der Waals surface area (Å²) in [6.45, 7) is 4.90. The highest BCUT2D eigenvalue weighted by atomic mass is 16.5. The maximum Gasteiger partial charge on any atom is 0.120 e. The van der Waals surface area contributed by atoms with Gasteiger partial charge in [-0.15, -0.1) is 0 Å². The predicted octanol–water partition coefficient (Wildman–Crippen LogP) is 2.30. The van der Waals surface area contributed by atoms with Crippen molar-refractivity contribution in [1.29, 1.82) is 5.41 Å². The molecule has 0 heterocycles. The van der Waals surface area contributed by atoms with Crippen molar-refractivity contribution in [1.82, 2.24) is 0 Å². The van der Waals surface area contributed by atoms with Crippen LogP contribution in [0.3, 0.4) is 0 Å². The topological polar surface area (TPSA) is 59.1 Å². The maximum atomic E-state index is 7.22. The molecular weight excluding hydrogens is 164 g/mol. The molecular formula is C10H22N2O. The molecule has 0 aliphatic carbocycles. The van der Waals surface area contributed by atoms with Gasteiger partial charge in [-0.25, -0.2) is 0 Å². The van der Waals surface area contributed by atoms with Crippen LogP contribution < -0.4 is 5.73 Å². The molecule has 1 atom stereocenters. The summed E-state index contributed by atoms with van der Waals surface area (Å²) in [5.74, 6) is 0.151. The van der Waals surface area contributed by atoms with E-state index in [4.69, 9.17) is 15.9 Å². The highest BCUT2D eigenvalue weighted by Gasteiger charge is 2.08. The van der Waals surface area contributed by atoms with Crippen LogP contribution in [0.5, 0.6) is 0 Å². The number of rotatable bonds is 8. The molecule has 0 amide bonds. The fourth-order valence-corrected chi connectivity index (χ4v) is 1.18. The van der Waals surface area contributed by atoms with Crippen LogP contribution in [0.4, 0.5) is 0 Å². The molecule has 0 aromatic rings. The van der Waals surface area contributed by atoms with Crippen LogP contribution in [0.1, 0.15) is 46.0 Å². The Balaban J connectivity index is 3.33. The highest BCUT2D eigenvalue weighted by molar-refractivity contribution is 5.81. The lowest BCUT2D eigenvalue weighted by Gasteiger charge is -2.13. The molecule has 0 aromatic heterocycles. The van der Waals surface area contributed by atoms with Crippen LogP contribution in [0.25, 0.3) is 0 Å². The normalized spacial score (nSPS) is 12.8. The van der Waals surface area contributed by atoms with E-state index in [1.165, 1.54) is 19.3 Å². The van der Waals surface area contributed by atoms with Crippen LogP contribution in [-0.4, -0.2) is 18.5 Å². The highest BCUT2D eigenvalue weighted by Crippen LogP contribution is 2.02. The summed E-state index contributed by atoms with van der Waals surface area (Å²) < 4.78 is 5.45. The van der Waals surface area contributed by atoms with E-state index in [2.05, 4.69) is 6.92 Å². The van der Waals surface area contributed by atoms with Gasteiger partial charge in [0.1, 0.15) is 11.9 Å². The zero-order chi connectivity index (χ0) is 10.1. The van der Waals surface area contributed by atoms with E-state index in [9.17, 15) is 0 Å². The van der Waals surface area contributed by atoms with Crippen molar-refractivity contribution in [3.8, 4) is 0 Å². The Kier molecular flexibility index (Phi) is 7.69. The van der Waals surface area contributed by atoms with E-state index >= 15 is 0 Å². The summed E-state index contributed by atoms with van der Waals surface area (Å²) in [7, 11) is 0. The molecule has 0 rings (SSSR count). The van der Waals surface area contributed by atoms with Crippen LogP contribution >= 0.6 is 0 Å². The summed E-state index contributed by atoms with van der Waals surface area (Å²) in [6.07, 6.45) is 5.43. The lowest BCUT2D eigenvalue weighted by atomic mass is 10.2. The van der Waals surface area contributed by atoms with Crippen molar-refractivity contribution in [2.24, 2.45) is 5.73 Å². The molecule has 0 radical (unpaired) electrons. The van der Waals surface area contributed by atoms with Gasteiger partial charge in [0, 0.05) is 6.61 Å². The number of nitrogens with one attached hydrogen (secondary N) is 1. The number of hydrogen-bond donors (Lipinski definition) is 2. The molecule has 13 heavy (non-hydrogen) atoms. The molecule has 78 valence electrons. The Hall–Kier alpha value is -0.570. The first kappa shape index (κ1) is 12.4. The van der Waals surface area contributed by atoms with Gasteiger partial charge < -0.3 is 10.5 Å². The number of hydrogen-bond acceptors (Lipinski definition) is 2. The van der Waals surface area contributed by atoms with Gasteiger partial charge in [0.05, 0.1) is 0 Å². The van der Waals surface area contributed by atoms with E-state index in [1.807, 2.05) is 6.92 Å². The van der Waals surface area contributed by atoms with Crippen molar-refractivity contribution in [3.05, 3.63) is 0 Å². The van der Waals surface area contributed by atoms with E-state index in [0.717, 1.165) is 19.4 Å². The van der Waals surface area contributed by atoms with Gasteiger partial charge in [0.25, 0.3) is 0 Å². The zero-order valence-corrected chi connectivity index (χ0v) is 8.81. The van der Waals surface area contributed by atoms with Gasteiger partial charge in [-0.2, -0.15) is 0 Å². The molecule has 0 fully saturated rings. The monoisotopic (exact) mass is 186 g/mol. The number of nitrogens with two attached hydrogens (primary N) is 1. The van der Waals surface area contributed by atoms with Crippen molar-refractivity contribution in [3.63, 3.8) is 0 Å². The molecule has 0 spiro atoms. The molecule has 3 nitrogen and oxygen atoms in total. The third-order valence-corrected chi connectivity index (χ3v) is 2.03. The third-order valence-electron chi connectivity index (χ3n) is 2.03. The van der Waals surface area contributed by atoms with Crippen molar-refractivity contribution in [2.75, 3.05) is 6.61 Å². The first-order valence-corrected chi connectivity index (χ1v) is 5.17. The molecule has 3 N–H and O–H groups in total. The van der Waals surface area contributed by atoms with Crippen molar-refractivity contribution >= 4 is 5.84 Å². The van der Waals surface area contributed by atoms with E-state index < -0.39 is 0 Å². The van der Waals surface area contributed by atoms with Crippen molar-refractivity contribution < 1.29 is 4.74 Å². The molecule has 3 heteroatoms. The average Bonchev–Trinajstić information content (AvgIpc) is 2.10. The van der Waals surface area contributed by atoms with Gasteiger partial charge in [-0.1, -0.05) is 33.1 Å². The molecule has 0 saturated heterocycles. The molecule has 1 unspecified atom stereocenters. The van der Waals surface area contributed by atoms with Gasteiger partial charge in [0.2, 0.25) is 0 Å². The van der Waals surface area contributed by atoms with Crippen LogP contribution in [0, 0.1) is 5.41 Å². The minimum absolute atomic E-state index is 0.151. The molecule has 0 bridgehead atoms. The van der Waals surface area contributed by atoms with Gasteiger partial charge in [-0.05, 0) is 12.8 Å². The quantitative estimate of drug-likeness (QED) is 0.347. The van der Waals surface area contributed by atoms with Gasteiger partial charge in [0.15, 0.2) is 0 Å². The Labute approximate surface area is 81.2 Å². The average molecular weight is 186 g/mol. The Morgan fingerprint density at radius 3 is 2.46 bits per heavy atom. The van der Waals surface area contributed by atoms with Crippen LogP contribution in [-0.2, 0) is 4.74 Å². The second-order valence-corrected chi connectivity index (χ2v) is 3.28. The summed E-state index contributed by atoms with van der Waals surface area (Å²) in [5, 5.41) is 7.22. The Bertz CT molecular complexity index is 137. The Morgan fingerprint density at radius 2 is 2.00 bits per heavy atom. The predicted molar refractivity (Wildman–Crippen MR) is 56.1 cm³/mol. The number of unbranched alkanes of at least 4 members (excludes halogenated alkanes) is 3. The summed E-state index contributed by atoms with van der Waals surface area (Å²) in [4.78, 5) is 0. The first-order chi connectivity index (χ1) is 6.22.